The molecule has 7 heteroatoms. The van der Waals surface area contributed by atoms with Crippen LogP contribution in [0.15, 0.2) is 24.3 Å². The van der Waals surface area contributed by atoms with Gasteiger partial charge in [-0.25, -0.2) is 9.59 Å². The largest absolute Gasteiger partial charge is 0.462 e. The quantitative estimate of drug-likeness (QED) is 0.793. The maximum atomic E-state index is 11.8. The zero-order chi connectivity index (χ0) is 14.5. The van der Waals surface area contributed by atoms with Crippen LogP contribution in [0.5, 0.6) is 0 Å². The molecular weight excluding hydrogens is 265 g/mol. The Morgan fingerprint density at radius 3 is 1.79 bits per heavy atom. The highest BCUT2D eigenvalue weighted by Gasteiger charge is 2.29. The predicted octanol–water partition coefficient (Wildman–Crippen LogP) is 2.58. The molecule has 0 spiro atoms. The van der Waals surface area contributed by atoms with Gasteiger partial charge >= 0.3 is 18.1 Å². The minimum atomic E-state index is -4.57. The number of carbonyl (C=O) groups excluding carboxylic acids is 2. The van der Waals surface area contributed by atoms with Crippen LogP contribution in [0, 0.1) is 0 Å². The van der Waals surface area contributed by atoms with Gasteiger partial charge in [-0.2, -0.15) is 13.2 Å². The summed E-state index contributed by atoms with van der Waals surface area (Å²) in [5.74, 6) is -1.68. The second-order valence-electron chi connectivity index (χ2n) is 3.49. The highest BCUT2D eigenvalue weighted by Crippen LogP contribution is 2.16. The number of carbonyl (C=O) groups is 2. The molecule has 0 unspecified atom stereocenters. The van der Waals surface area contributed by atoms with Gasteiger partial charge in [0.2, 0.25) is 0 Å². The van der Waals surface area contributed by atoms with Gasteiger partial charge in [-0.05, 0) is 31.2 Å². The molecular formula is C12H11F3O4. The van der Waals surface area contributed by atoms with Gasteiger partial charge in [0.05, 0.1) is 17.7 Å². The molecule has 0 aliphatic rings. The van der Waals surface area contributed by atoms with Crippen LogP contribution in [0.3, 0.4) is 0 Å². The number of halogens is 3. The van der Waals surface area contributed by atoms with E-state index < -0.39 is 24.7 Å². The van der Waals surface area contributed by atoms with E-state index in [0.717, 1.165) is 0 Å². The van der Waals surface area contributed by atoms with Crippen molar-refractivity contribution in [3.05, 3.63) is 35.4 Å². The molecule has 1 aromatic carbocycles. The van der Waals surface area contributed by atoms with Gasteiger partial charge in [-0.15, -0.1) is 0 Å². The lowest BCUT2D eigenvalue weighted by molar-refractivity contribution is -0.161. The maximum absolute atomic E-state index is 11.8. The van der Waals surface area contributed by atoms with E-state index in [4.69, 9.17) is 4.74 Å². The molecule has 4 nitrogen and oxygen atoms in total. The number of alkyl halides is 3. The van der Waals surface area contributed by atoms with Gasteiger partial charge in [0.1, 0.15) is 0 Å². The Morgan fingerprint density at radius 1 is 1.00 bits per heavy atom. The Labute approximate surface area is 107 Å². The van der Waals surface area contributed by atoms with Crippen molar-refractivity contribution in [1.29, 1.82) is 0 Å². The zero-order valence-electron chi connectivity index (χ0n) is 9.99. The molecule has 0 radical (unpaired) electrons. The molecule has 0 atom stereocenters. The summed E-state index contributed by atoms with van der Waals surface area (Å²) in [7, 11) is 0. The van der Waals surface area contributed by atoms with Crippen molar-refractivity contribution in [2.45, 2.75) is 13.1 Å². The van der Waals surface area contributed by atoms with Crippen LogP contribution in [0.1, 0.15) is 27.6 Å². The van der Waals surface area contributed by atoms with Gasteiger partial charge in [0.15, 0.2) is 6.61 Å². The second-order valence-corrected chi connectivity index (χ2v) is 3.49. The molecule has 1 rings (SSSR count). The first kappa shape index (κ1) is 15.0. The molecule has 1 aromatic rings. The van der Waals surface area contributed by atoms with Gasteiger partial charge < -0.3 is 9.47 Å². The van der Waals surface area contributed by atoms with Crippen molar-refractivity contribution < 1.29 is 32.2 Å². The van der Waals surface area contributed by atoms with Crippen LogP contribution in [0.25, 0.3) is 0 Å². The van der Waals surface area contributed by atoms with E-state index in [1.165, 1.54) is 24.3 Å². The molecule has 0 N–H and O–H groups in total. The van der Waals surface area contributed by atoms with Gasteiger partial charge in [-0.3, -0.25) is 0 Å². The summed E-state index contributed by atoms with van der Waals surface area (Å²) < 4.78 is 44.3. The van der Waals surface area contributed by atoms with E-state index in [-0.39, 0.29) is 17.7 Å². The molecule has 19 heavy (non-hydrogen) atoms. The molecule has 0 aliphatic carbocycles. The number of hydrogen-bond donors (Lipinski definition) is 0. The van der Waals surface area contributed by atoms with Crippen LogP contribution in [-0.4, -0.2) is 31.3 Å². The average Bonchev–Trinajstić information content (AvgIpc) is 2.35. The number of rotatable bonds is 4. The second kappa shape index (κ2) is 6.21. The average molecular weight is 276 g/mol. The molecule has 0 heterocycles. The van der Waals surface area contributed by atoms with Crippen LogP contribution in [0.4, 0.5) is 13.2 Å². The van der Waals surface area contributed by atoms with E-state index in [1.54, 1.807) is 6.92 Å². The van der Waals surface area contributed by atoms with Crippen LogP contribution >= 0.6 is 0 Å². The summed E-state index contributed by atoms with van der Waals surface area (Å²) in [5.41, 5.74) is 0.131. The standard InChI is InChI=1S/C12H11F3O4/c1-2-18-10(16)8-3-5-9(6-4-8)11(17)19-7-12(13,14)15/h3-6H,2,7H2,1H3. The summed E-state index contributed by atoms with van der Waals surface area (Å²) in [5, 5.41) is 0. The summed E-state index contributed by atoms with van der Waals surface area (Å²) in [6.07, 6.45) is -4.57. The summed E-state index contributed by atoms with van der Waals surface area (Å²) in [4.78, 5) is 22.6. The summed E-state index contributed by atoms with van der Waals surface area (Å²) in [6, 6.07) is 4.96. The lowest BCUT2D eigenvalue weighted by Crippen LogP contribution is -2.20. The molecule has 0 fully saturated rings. The summed E-state index contributed by atoms with van der Waals surface area (Å²) >= 11 is 0. The molecule has 104 valence electrons. The van der Waals surface area contributed by atoms with Crippen molar-refractivity contribution >= 4 is 11.9 Å². The number of benzene rings is 1. The van der Waals surface area contributed by atoms with Crippen LogP contribution < -0.4 is 0 Å². The third-order valence-electron chi connectivity index (χ3n) is 2.00. The van der Waals surface area contributed by atoms with Crippen molar-refractivity contribution in [3.63, 3.8) is 0 Å². The van der Waals surface area contributed by atoms with E-state index in [1.807, 2.05) is 0 Å². The minimum absolute atomic E-state index is 0.0719. The highest BCUT2D eigenvalue weighted by molar-refractivity contribution is 5.93. The Balaban J connectivity index is 2.66. The monoisotopic (exact) mass is 276 g/mol. The lowest BCUT2D eigenvalue weighted by Gasteiger charge is -2.08. The fraction of sp³-hybridized carbons (Fsp3) is 0.333. The Kier molecular flexibility index (Phi) is 4.91. The van der Waals surface area contributed by atoms with E-state index in [2.05, 4.69) is 4.74 Å². The topological polar surface area (TPSA) is 52.6 Å². The first-order chi connectivity index (χ1) is 8.83. The minimum Gasteiger partial charge on any atom is -0.462 e. The maximum Gasteiger partial charge on any atom is 0.422 e. The Bertz CT molecular complexity index is 451. The Morgan fingerprint density at radius 2 is 1.42 bits per heavy atom. The number of esters is 2. The number of hydrogen-bond acceptors (Lipinski definition) is 4. The first-order valence-electron chi connectivity index (χ1n) is 5.34. The van der Waals surface area contributed by atoms with Crippen molar-refractivity contribution in [1.82, 2.24) is 0 Å². The predicted molar refractivity (Wildman–Crippen MR) is 58.7 cm³/mol. The van der Waals surface area contributed by atoms with Crippen molar-refractivity contribution in [2.24, 2.45) is 0 Å². The van der Waals surface area contributed by atoms with Crippen LogP contribution in [0.2, 0.25) is 0 Å². The molecule has 0 aromatic heterocycles. The molecule has 0 amide bonds. The van der Waals surface area contributed by atoms with Gasteiger partial charge in [0, 0.05) is 0 Å². The molecule has 0 saturated carbocycles. The SMILES string of the molecule is CCOC(=O)c1ccc(C(=O)OCC(F)(F)F)cc1. The normalized spacial score (nSPS) is 10.9. The number of ether oxygens (including phenoxy) is 2. The molecule has 0 aliphatic heterocycles. The fourth-order valence-electron chi connectivity index (χ4n) is 1.19. The van der Waals surface area contributed by atoms with Gasteiger partial charge in [-0.1, -0.05) is 0 Å². The van der Waals surface area contributed by atoms with E-state index in [9.17, 15) is 22.8 Å². The fourth-order valence-corrected chi connectivity index (χ4v) is 1.19. The van der Waals surface area contributed by atoms with E-state index in [0.29, 0.717) is 0 Å². The van der Waals surface area contributed by atoms with Crippen molar-refractivity contribution in [3.8, 4) is 0 Å². The Hall–Kier alpha value is -2.05. The first-order valence-corrected chi connectivity index (χ1v) is 5.34. The van der Waals surface area contributed by atoms with Gasteiger partial charge in [0.25, 0.3) is 0 Å². The highest BCUT2D eigenvalue weighted by atomic mass is 19.4. The van der Waals surface area contributed by atoms with Crippen molar-refractivity contribution in [2.75, 3.05) is 13.2 Å². The lowest BCUT2D eigenvalue weighted by atomic mass is 10.1. The molecule has 0 saturated heterocycles. The third kappa shape index (κ3) is 4.99. The zero-order valence-corrected chi connectivity index (χ0v) is 9.99. The smallest absolute Gasteiger partial charge is 0.422 e. The van der Waals surface area contributed by atoms with Crippen LogP contribution in [-0.2, 0) is 9.47 Å². The van der Waals surface area contributed by atoms with E-state index >= 15 is 0 Å². The molecule has 0 bridgehead atoms. The third-order valence-corrected chi connectivity index (χ3v) is 2.00. The summed E-state index contributed by atoms with van der Waals surface area (Å²) in [6.45, 7) is 0.195.